The van der Waals surface area contributed by atoms with E-state index in [-0.39, 0.29) is 5.82 Å². The number of hydrogen-bond acceptors (Lipinski definition) is 2. The van der Waals surface area contributed by atoms with Crippen molar-refractivity contribution < 1.29 is 4.39 Å². The fourth-order valence-corrected chi connectivity index (χ4v) is 1.26. The summed E-state index contributed by atoms with van der Waals surface area (Å²) in [5, 5.41) is 0. The molecule has 2 rings (SSSR count). The molecule has 0 bridgehead atoms. The maximum atomic E-state index is 12.6. The van der Waals surface area contributed by atoms with Crippen LogP contribution in [0.2, 0.25) is 0 Å². The molecular weight excluding hydrogens is 203 g/mol. The first-order chi connectivity index (χ1) is 7.74. The Balaban J connectivity index is 2.15. The Labute approximate surface area is 93.3 Å². The summed E-state index contributed by atoms with van der Waals surface area (Å²) < 4.78 is 12.6. The summed E-state index contributed by atoms with van der Waals surface area (Å²) in [6.45, 7) is 0. The molecule has 0 amide bonds. The van der Waals surface area contributed by atoms with E-state index in [1.54, 1.807) is 18.3 Å². The zero-order valence-corrected chi connectivity index (χ0v) is 8.60. The SMILES string of the molecule is Nc1ccc(C=Nc2ccc(F)cc2)cc1. The molecule has 2 aromatic rings. The molecule has 2 N–H and O–H groups in total. The summed E-state index contributed by atoms with van der Waals surface area (Å²) >= 11 is 0. The molecule has 16 heavy (non-hydrogen) atoms. The molecule has 2 aromatic carbocycles. The Morgan fingerprint density at radius 3 is 2.19 bits per heavy atom. The molecule has 0 aromatic heterocycles. The van der Waals surface area contributed by atoms with Crippen LogP contribution in [0.4, 0.5) is 15.8 Å². The first kappa shape index (κ1) is 10.4. The molecule has 0 aliphatic rings. The van der Waals surface area contributed by atoms with Gasteiger partial charge >= 0.3 is 0 Å². The number of nitrogens with two attached hydrogens (primary N) is 1. The number of hydrogen-bond donors (Lipinski definition) is 1. The molecule has 0 heterocycles. The van der Waals surface area contributed by atoms with Crippen molar-refractivity contribution in [2.45, 2.75) is 0 Å². The molecule has 0 spiro atoms. The van der Waals surface area contributed by atoms with E-state index in [1.807, 2.05) is 24.3 Å². The second-order valence-corrected chi connectivity index (χ2v) is 3.40. The van der Waals surface area contributed by atoms with Gasteiger partial charge in [0.1, 0.15) is 5.82 Å². The number of aliphatic imine (C=N–C) groups is 1. The quantitative estimate of drug-likeness (QED) is 0.605. The Morgan fingerprint density at radius 1 is 0.938 bits per heavy atom. The molecule has 0 unspecified atom stereocenters. The Morgan fingerprint density at radius 2 is 1.56 bits per heavy atom. The number of rotatable bonds is 2. The van der Waals surface area contributed by atoms with E-state index in [4.69, 9.17) is 5.73 Å². The summed E-state index contributed by atoms with van der Waals surface area (Å²) in [6.07, 6.45) is 1.71. The highest BCUT2D eigenvalue weighted by Crippen LogP contribution is 2.12. The van der Waals surface area contributed by atoms with Gasteiger partial charge in [0.05, 0.1) is 5.69 Å². The summed E-state index contributed by atoms with van der Waals surface area (Å²) in [5.41, 5.74) is 7.96. The molecule has 0 aliphatic heterocycles. The van der Waals surface area contributed by atoms with Crippen LogP contribution in [-0.2, 0) is 0 Å². The van der Waals surface area contributed by atoms with Gasteiger partial charge in [-0.3, -0.25) is 4.99 Å². The molecule has 0 atom stereocenters. The van der Waals surface area contributed by atoms with Gasteiger partial charge < -0.3 is 5.73 Å². The zero-order valence-electron chi connectivity index (χ0n) is 8.60. The van der Waals surface area contributed by atoms with Gasteiger partial charge in [-0.05, 0) is 42.0 Å². The van der Waals surface area contributed by atoms with Gasteiger partial charge in [0.2, 0.25) is 0 Å². The minimum Gasteiger partial charge on any atom is -0.399 e. The third kappa shape index (κ3) is 2.67. The topological polar surface area (TPSA) is 38.4 Å². The monoisotopic (exact) mass is 214 g/mol. The fraction of sp³-hybridized carbons (Fsp3) is 0. The van der Waals surface area contributed by atoms with Crippen LogP contribution in [-0.4, -0.2) is 6.21 Å². The van der Waals surface area contributed by atoms with Crippen LogP contribution >= 0.6 is 0 Å². The number of halogens is 1. The van der Waals surface area contributed by atoms with Gasteiger partial charge in [-0.25, -0.2) is 4.39 Å². The third-order valence-corrected chi connectivity index (χ3v) is 2.13. The van der Waals surface area contributed by atoms with Crippen molar-refractivity contribution in [1.29, 1.82) is 0 Å². The maximum absolute atomic E-state index is 12.6. The fourth-order valence-electron chi connectivity index (χ4n) is 1.26. The van der Waals surface area contributed by atoms with Crippen LogP contribution in [0, 0.1) is 5.82 Å². The Kier molecular flexibility index (Phi) is 2.96. The summed E-state index contributed by atoms with van der Waals surface area (Å²) in [6, 6.07) is 13.4. The molecule has 0 saturated heterocycles. The van der Waals surface area contributed by atoms with Crippen molar-refractivity contribution in [2.24, 2.45) is 4.99 Å². The highest BCUT2D eigenvalue weighted by atomic mass is 19.1. The molecule has 0 aliphatic carbocycles. The molecular formula is C13H11FN2. The van der Waals surface area contributed by atoms with E-state index < -0.39 is 0 Å². The second-order valence-electron chi connectivity index (χ2n) is 3.40. The van der Waals surface area contributed by atoms with Crippen molar-refractivity contribution in [3.8, 4) is 0 Å². The standard InChI is InChI=1S/C13H11FN2/c14-11-3-7-13(8-4-11)16-9-10-1-5-12(15)6-2-10/h1-9H,15H2. The largest absolute Gasteiger partial charge is 0.399 e. The minimum absolute atomic E-state index is 0.258. The van der Waals surface area contributed by atoms with Crippen molar-refractivity contribution in [2.75, 3.05) is 5.73 Å². The van der Waals surface area contributed by atoms with Crippen molar-refractivity contribution in [3.05, 3.63) is 59.9 Å². The minimum atomic E-state index is -0.258. The van der Waals surface area contributed by atoms with E-state index in [0.717, 1.165) is 16.9 Å². The smallest absolute Gasteiger partial charge is 0.123 e. The number of anilines is 1. The van der Waals surface area contributed by atoms with E-state index in [9.17, 15) is 4.39 Å². The average Bonchev–Trinajstić information content (AvgIpc) is 2.30. The van der Waals surface area contributed by atoms with E-state index in [1.165, 1.54) is 12.1 Å². The lowest BCUT2D eigenvalue weighted by molar-refractivity contribution is 0.628. The van der Waals surface area contributed by atoms with Crippen LogP contribution in [0.5, 0.6) is 0 Å². The lowest BCUT2D eigenvalue weighted by Crippen LogP contribution is -1.85. The first-order valence-electron chi connectivity index (χ1n) is 4.89. The normalized spacial score (nSPS) is 10.8. The Hall–Kier alpha value is -2.16. The second kappa shape index (κ2) is 4.57. The molecule has 0 radical (unpaired) electrons. The highest BCUT2D eigenvalue weighted by Gasteiger charge is 1.91. The van der Waals surface area contributed by atoms with Crippen LogP contribution in [0.3, 0.4) is 0 Å². The predicted octanol–water partition coefficient (Wildman–Crippen LogP) is 3.16. The first-order valence-corrected chi connectivity index (χ1v) is 4.89. The van der Waals surface area contributed by atoms with Gasteiger partial charge in [-0.2, -0.15) is 0 Å². The van der Waals surface area contributed by atoms with Crippen molar-refractivity contribution in [1.82, 2.24) is 0 Å². The van der Waals surface area contributed by atoms with Crippen molar-refractivity contribution in [3.63, 3.8) is 0 Å². The van der Waals surface area contributed by atoms with E-state index in [2.05, 4.69) is 4.99 Å². The highest BCUT2D eigenvalue weighted by molar-refractivity contribution is 5.82. The van der Waals surface area contributed by atoms with E-state index in [0.29, 0.717) is 0 Å². The van der Waals surface area contributed by atoms with Gasteiger partial charge in [-0.1, -0.05) is 12.1 Å². The predicted molar refractivity (Wildman–Crippen MR) is 64.5 cm³/mol. The number of benzene rings is 2. The molecule has 0 fully saturated rings. The molecule has 0 saturated carbocycles. The third-order valence-electron chi connectivity index (χ3n) is 2.13. The molecule has 80 valence electrons. The van der Waals surface area contributed by atoms with Crippen LogP contribution in [0.25, 0.3) is 0 Å². The molecule has 3 heteroatoms. The van der Waals surface area contributed by atoms with Crippen LogP contribution in [0.15, 0.2) is 53.5 Å². The van der Waals surface area contributed by atoms with Gasteiger partial charge in [0.25, 0.3) is 0 Å². The van der Waals surface area contributed by atoms with Crippen LogP contribution < -0.4 is 5.73 Å². The lowest BCUT2D eigenvalue weighted by atomic mass is 10.2. The van der Waals surface area contributed by atoms with E-state index >= 15 is 0 Å². The Bertz CT molecular complexity index is 439. The van der Waals surface area contributed by atoms with Crippen molar-refractivity contribution >= 4 is 17.6 Å². The number of nitrogen functional groups attached to an aromatic ring is 1. The summed E-state index contributed by atoms with van der Waals surface area (Å²) in [4.78, 5) is 4.21. The lowest BCUT2D eigenvalue weighted by Gasteiger charge is -1.95. The maximum Gasteiger partial charge on any atom is 0.123 e. The van der Waals surface area contributed by atoms with Crippen LogP contribution in [0.1, 0.15) is 5.56 Å². The summed E-state index contributed by atoms with van der Waals surface area (Å²) in [7, 11) is 0. The van der Waals surface area contributed by atoms with Gasteiger partial charge in [0, 0.05) is 11.9 Å². The van der Waals surface area contributed by atoms with Gasteiger partial charge in [-0.15, -0.1) is 0 Å². The zero-order chi connectivity index (χ0) is 11.4. The summed E-state index contributed by atoms with van der Waals surface area (Å²) in [5.74, 6) is -0.258. The van der Waals surface area contributed by atoms with Gasteiger partial charge in [0.15, 0.2) is 0 Å². The average molecular weight is 214 g/mol. The molecule has 2 nitrogen and oxygen atoms in total. The number of nitrogens with zero attached hydrogens (tertiary/aromatic N) is 1.